The second kappa shape index (κ2) is 7.98. The fraction of sp³-hybridized carbons (Fsp3) is 0.300. The number of nitrogens with zero attached hydrogens (tertiary/aromatic N) is 2. The molecular weight excluding hydrogens is 366 g/mol. The molecule has 142 valence electrons. The zero-order chi connectivity index (χ0) is 19.6. The van der Waals surface area contributed by atoms with Crippen molar-refractivity contribution >= 4 is 34.8 Å². The van der Waals surface area contributed by atoms with Crippen molar-refractivity contribution in [3.63, 3.8) is 0 Å². The maximum atomic E-state index is 12.5. The number of fused-ring (bicyclic) bond motifs is 1. The lowest BCUT2D eigenvalue weighted by Crippen LogP contribution is -2.46. The van der Waals surface area contributed by atoms with E-state index in [-0.39, 0.29) is 11.8 Å². The van der Waals surface area contributed by atoms with Gasteiger partial charge in [0, 0.05) is 35.4 Å². The Balaban J connectivity index is 1.82. The monoisotopic (exact) mass is 387 g/mol. The Morgan fingerprint density at radius 1 is 1.26 bits per heavy atom. The van der Waals surface area contributed by atoms with E-state index in [4.69, 9.17) is 16.3 Å². The molecule has 0 saturated carbocycles. The Morgan fingerprint density at radius 3 is 2.74 bits per heavy atom. The number of halogens is 1. The Morgan fingerprint density at radius 2 is 2.04 bits per heavy atom. The van der Waals surface area contributed by atoms with Gasteiger partial charge in [-0.2, -0.15) is 0 Å². The van der Waals surface area contributed by atoms with Crippen molar-refractivity contribution in [1.82, 2.24) is 4.90 Å². The number of carbonyl (C=O) groups is 2. The number of anilines is 2. The van der Waals surface area contributed by atoms with Gasteiger partial charge in [0.25, 0.3) is 11.8 Å². The van der Waals surface area contributed by atoms with Crippen LogP contribution in [0.25, 0.3) is 0 Å². The molecule has 0 aliphatic carbocycles. The van der Waals surface area contributed by atoms with Crippen molar-refractivity contribution in [2.24, 2.45) is 0 Å². The minimum Gasteiger partial charge on any atom is -0.479 e. The van der Waals surface area contributed by atoms with Gasteiger partial charge in [0.15, 0.2) is 6.10 Å². The number of hydrogen-bond donors (Lipinski definition) is 1. The Labute approximate surface area is 163 Å². The van der Waals surface area contributed by atoms with Crippen molar-refractivity contribution in [2.75, 3.05) is 37.4 Å². The maximum absolute atomic E-state index is 12.5. The first-order chi connectivity index (χ1) is 12.8. The number of carbonyl (C=O) groups excluding carboxylic acids is 2. The summed E-state index contributed by atoms with van der Waals surface area (Å²) in [5.41, 5.74) is 1.77. The van der Waals surface area contributed by atoms with Crippen LogP contribution >= 0.6 is 11.6 Å². The van der Waals surface area contributed by atoms with Gasteiger partial charge in [-0.15, -0.1) is 0 Å². The average Bonchev–Trinajstić information content (AvgIpc) is 2.62. The summed E-state index contributed by atoms with van der Waals surface area (Å²) >= 11 is 5.94. The number of amides is 2. The largest absolute Gasteiger partial charge is 0.479 e. The summed E-state index contributed by atoms with van der Waals surface area (Å²) in [6.07, 6.45) is -0.571. The van der Waals surface area contributed by atoms with Crippen LogP contribution in [0.1, 0.15) is 17.3 Å². The van der Waals surface area contributed by atoms with Crippen molar-refractivity contribution in [3.05, 3.63) is 53.1 Å². The fourth-order valence-electron chi connectivity index (χ4n) is 2.85. The number of ether oxygens (including phenoxy) is 1. The lowest BCUT2D eigenvalue weighted by atomic mass is 10.1. The lowest BCUT2D eigenvalue weighted by molar-refractivity contribution is -0.125. The van der Waals surface area contributed by atoms with Crippen LogP contribution < -0.4 is 15.0 Å². The van der Waals surface area contributed by atoms with Crippen LogP contribution in [0.4, 0.5) is 11.4 Å². The van der Waals surface area contributed by atoms with Gasteiger partial charge >= 0.3 is 0 Å². The van der Waals surface area contributed by atoms with Crippen molar-refractivity contribution in [1.29, 1.82) is 0 Å². The Hall–Kier alpha value is -2.57. The molecule has 27 heavy (non-hydrogen) atoms. The first kappa shape index (κ1) is 19.2. The quantitative estimate of drug-likeness (QED) is 0.855. The molecule has 0 bridgehead atoms. The zero-order valence-electron chi connectivity index (χ0n) is 15.5. The topological polar surface area (TPSA) is 61.9 Å². The Kier molecular flexibility index (Phi) is 5.68. The standard InChI is InChI=1S/C20H22ClN3O3/c1-13-20(26)24(10-9-23(2)3)17-8-7-16(12-18(17)27-13)22-19(25)14-5-4-6-15(21)11-14/h4-8,11-13H,9-10H2,1-3H3,(H,22,25). The summed E-state index contributed by atoms with van der Waals surface area (Å²) in [6.45, 7) is 3.04. The van der Waals surface area contributed by atoms with E-state index in [2.05, 4.69) is 5.32 Å². The zero-order valence-corrected chi connectivity index (χ0v) is 16.3. The third kappa shape index (κ3) is 4.40. The molecular formula is C20H22ClN3O3. The molecule has 3 rings (SSSR count). The molecule has 0 spiro atoms. The smallest absolute Gasteiger partial charge is 0.267 e. The molecule has 0 fully saturated rings. The van der Waals surface area contributed by atoms with Gasteiger partial charge in [-0.3, -0.25) is 9.59 Å². The van der Waals surface area contributed by atoms with Gasteiger partial charge in [-0.25, -0.2) is 0 Å². The molecule has 1 unspecified atom stereocenters. The van der Waals surface area contributed by atoms with Gasteiger partial charge in [-0.1, -0.05) is 17.7 Å². The van der Waals surface area contributed by atoms with Crippen LogP contribution in [0.3, 0.4) is 0 Å². The molecule has 6 nitrogen and oxygen atoms in total. The van der Waals surface area contributed by atoms with Crippen LogP contribution in [0, 0.1) is 0 Å². The highest BCUT2D eigenvalue weighted by Crippen LogP contribution is 2.36. The maximum Gasteiger partial charge on any atom is 0.267 e. The number of rotatable bonds is 5. The second-order valence-corrected chi connectivity index (χ2v) is 7.14. The SMILES string of the molecule is CC1Oc2cc(NC(=O)c3cccc(Cl)c3)ccc2N(CCN(C)C)C1=O. The van der Waals surface area contributed by atoms with E-state index >= 15 is 0 Å². The molecule has 2 amide bonds. The molecule has 1 N–H and O–H groups in total. The molecule has 0 saturated heterocycles. The van der Waals surface area contributed by atoms with Crippen molar-refractivity contribution in [2.45, 2.75) is 13.0 Å². The first-order valence-corrected chi connectivity index (χ1v) is 9.06. The van der Waals surface area contributed by atoms with Gasteiger partial charge in [0.05, 0.1) is 5.69 Å². The number of likely N-dealkylation sites (N-methyl/N-ethyl adjacent to an activating group) is 1. The summed E-state index contributed by atoms with van der Waals surface area (Å²) < 4.78 is 5.75. The second-order valence-electron chi connectivity index (χ2n) is 6.70. The normalized spacial score (nSPS) is 16.1. The van der Waals surface area contributed by atoms with E-state index in [0.29, 0.717) is 34.3 Å². The molecule has 1 aliphatic heterocycles. The highest BCUT2D eigenvalue weighted by atomic mass is 35.5. The van der Waals surface area contributed by atoms with Crippen molar-refractivity contribution in [3.8, 4) is 5.75 Å². The van der Waals surface area contributed by atoms with Crippen LogP contribution in [0.15, 0.2) is 42.5 Å². The number of benzene rings is 2. The minimum absolute atomic E-state index is 0.0694. The van der Waals surface area contributed by atoms with E-state index < -0.39 is 6.10 Å². The van der Waals surface area contributed by atoms with Crippen LogP contribution in [-0.2, 0) is 4.79 Å². The van der Waals surface area contributed by atoms with Gasteiger partial charge in [0.2, 0.25) is 0 Å². The van der Waals surface area contributed by atoms with E-state index in [1.54, 1.807) is 54.3 Å². The third-order valence-electron chi connectivity index (χ3n) is 4.28. The van der Waals surface area contributed by atoms with Gasteiger partial charge in [0.1, 0.15) is 5.75 Å². The van der Waals surface area contributed by atoms with Crippen LogP contribution in [0.5, 0.6) is 5.75 Å². The van der Waals surface area contributed by atoms with Gasteiger partial charge in [-0.05, 0) is 51.4 Å². The highest BCUT2D eigenvalue weighted by Gasteiger charge is 2.31. The summed E-state index contributed by atoms with van der Waals surface area (Å²) in [5.74, 6) is 0.242. The van der Waals surface area contributed by atoms with Crippen molar-refractivity contribution < 1.29 is 14.3 Å². The summed E-state index contributed by atoms with van der Waals surface area (Å²) in [5, 5.41) is 3.34. The van der Waals surface area contributed by atoms with Crippen LogP contribution in [-0.4, -0.2) is 50.0 Å². The molecule has 0 radical (unpaired) electrons. The van der Waals surface area contributed by atoms with Gasteiger partial charge < -0.3 is 19.9 Å². The van der Waals surface area contributed by atoms with E-state index in [1.807, 2.05) is 19.0 Å². The molecule has 0 aromatic heterocycles. The molecule has 2 aromatic carbocycles. The first-order valence-electron chi connectivity index (χ1n) is 8.69. The lowest BCUT2D eigenvalue weighted by Gasteiger charge is -2.34. The molecule has 2 aromatic rings. The minimum atomic E-state index is -0.571. The number of nitrogens with one attached hydrogen (secondary N) is 1. The predicted octanol–water partition coefficient (Wildman–Crippen LogP) is 3.27. The molecule has 1 atom stereocenters. The molecule has 1 heterocycles. The van der Waals surface area contributed by atoms with Crippen LogP contribution in [0.2, 0.25) is 5.02 Å². The molecule has 1 aliphatic rings. The summed E-state index contributed by atoms with van der Waals surface area (Å²) in [6, 6.07) is 12.0. The predicted molar refractivity (Wildman–Crippen MR) is 107 cm³/mol. The highest BCUT2D eigenvalue weighted by molar-refractivity contribution is 6.31. The fourth-order valence-corrected chi connectivity index (χ4v) is 3.04. The number of hydrogen-bond acceptors (Lipinski definition) is 4. The van der Waals surface area contributed by atoms with E-state index in [9.17, 15) is 9.59 Å². The summed E-state index contributed by atoms with van der Waals surface area (Å²) in [4.78, 5) is 28.6. The average molecular weight is 388 g/mol. The Bertz CT molecular complexity index is 869. The van der Waals surface area contributed by atoms with E-state index in [0.717, 1.165) is 6.54 Å². The third-order valence-corrected chi connectivity index (χ3v) is 4.52. The molecule has 7 heteroatoms. The van der Waals surface area contributed by atoms with E-state index in [1.165, 1.54) is 0 Å². The summed E-state index contributed by atoms with van der Waals surface area (Å²) in [7, 11) is 3.92.